The van der Waals surface area contributed by atoms with Crippen LogP contribution in [0.2, 0.25) is 0 Å². The lowest BCUT2D eigenvalue weighted by Gasteiger charge is -2.39. The van der Waals surface area contributed by atoms with Crippen molar-refractivity contribution in [3.63, 3.8) is 0 Å². The topological polar surface area (TPSA) is 62.7 Å². The van der Waals surface area contributed by atoms with E-state index in [-0.39, 0.29) is 23.5 Å². The van der Waals surface area contributed by atoms with Gasteiger partial charge in [-0.05, 0) is 36.9 Å². The Morgan fingerprint density at radius 2 is 2.00 bits per heavy atom. The van der Waals surface area contributed by atoms with E-state index in [9.17, 15) is 9.18 Å². The molecule has 1 aliphatic heterocycles. The van der Waals surface area contributed by atoms with Crippen LogP contribution in [0.4, 0.5) is 4.39 Å². The summed E-state index contributed by atoms with van der Waals surface area (Å²) in [6.07, 6.45) is 1.53. The molecule has 1 fully saturated rings. The number of amides is 1. The number of nitrogens with zero attached hydrogens (tertiary/aromatic N) is 3. The minimum Gasteiger partial charge on any atom is -0.461 e. The van der Waals surface area contributed by atoms with Crippen LogP contribution in [0.3, 0.4) is 0 Å². The number of piperazine rings is 1. The van der Waals surface area contributed by atoms with Gasteiger partial charge in [0.05, 0.1) is 12.3 Å². The van der Waals surface area contributed by atoms with Crippen molar-refractivity contribution in [3.05, 3.63) is 65.8 Å². The van der Waals surface area contributed by atoms with Crippen molar-refractivity contribution in [1.82, 2.24) is 15.0 Å². The van der Waals surface area contributed by atoms with E-state index in [0.29, 0.717) is 24.6 Å². The lowest BCUT2D eigenvalue weighted by atomic mass is 10.0. The maximum Gasteiger partial charge on any atom is 0.276 e. The standard InChI is InChI=1S/C19H18FN3O3/c1-22-8-9-23(12-16(22)13-4-6-14(20)7-5-13)19(24)15-11-18(26-21-15)17-3-2-10-25-17/h2-7,10-11,16H,8-9,12H2,1H3. The Kier molecular flexibility index (Phi) is 4.30. The highest BCUT2D eigenvalue weighted by Gasteiger charge is 2.30. The maximum atomic E-state index is 13.2. The molecule has 3 aromatic rings. The molecule has 0 N–H and O–H groups in total. The molecule has 7 heteroatoms. The van der Waals surface area contributed by atoms with Crippen LogP contribution >= 0.6 is 0 Å². The van der Waals surface area contributed by atoms with Gasteiger partial charge in [-0.25, -0.2) is 4.39 Å². The Morgan fingerprint density at radius 3 is 2.73 bits per heavy atom. The SMILES string of the molecule is CN1CCN(C(=O)c2cc(-c3ccco3)on2)CC1c1ccc(F)cc1. The summed E-state index contributed by atoms with van der Waals surface area (Å²) in [6, 6.07) is 11.5. The molecule has 0 spiro atoms. The average molecular weight is 355 g/mol. The van der Waals surface area contributed by atoms with E-state index in [1.54, 1.807) is 35.2 Å². The molecule has 6 nitrogen and oxygen atoms in total. The smallest absolute Gasteiger partial charge is 0.276 e. The van der Waals surface area contributed by atoms with Gasteiger partial charge in [-0.3, -0.25) is 9.69 Å². The number of aromatic nitrogens is 1. The molecule has 1 amide bonds. The average Bonchev–Trinajstić information content (AvgIpc) is 3.34. The van der Waals surface area contributed by atoms with Gasteiger partial charge in [0.15, 0.2) is 11.5 Å². The van der Waals surface area contributed by atoms with Gasteiger partial charge in [0.1, 0.15) is 5.82 Å². The van der Waals surface area contributed by atoms with Gasteiger partial charge in [-0.15, -0.1) is 0 Å². The molecule has 0 aliphatic carbocycles. The second kappa shape index (κ2) is 6.76. The summed E-state index contributed by atoms with van der Waals surface area (Å²) in [5.74, 6) is 0.488. The molecule has 0 bridgehead atoms. The van der Waals surface area contributed by atoms with E-state index in [1.807, 2.05) is 7.05 Å². The molecule has 1 unspecified atom stereocenters. The third-order valence-electron chi connectivity index (χ3n) is 4.68. The number of rotatable bonds is 3. The lowest BCUT2D eigenvalue weighted by molar-refractivity contribution is 0.0536. The van der Waals surface area contributed by atoms with Crippen LogP contribution in [0.15, 0.2) is 57.7 Å². The van der Waals surface area contributed by atoms with Crippen molar-refractivity contribution in [2.24, 2.45) is 0 Å². The summed E-state index contributed by atoms with van der Waals surface area (Å²) >= 11 is 0. The second-order valence-electron chi connectivity index (χ2n) is 6.35. The molecule has 3 heterocycles. The quantitative estimate of drug-likeness (QED) is 0.722. The third kappa shape index (κ3) is 3.13. The zero-order chi connectivity index (χ0) is 18.1. The molecule has 2 aromatic heterocycles. The van der Waals surface area contributed by atoms with Crippen LogP contribution in [0.25, 0.3) is 11.5 Å². The molecular weight excluding hydrogens is 337 g/mol. The summed E-state index contributed by atoms with van der Waals surface area (Å²) < 4.78 is 23.7. The van der Waals surface area contributed by atoms with Gasteiger partial charge < -0.3 is 13.8 Å². The summed E-state index contributed by atoms with van der Waals surface area (Å²) in [6.45, 7) is 1.82. The van der Waals surface area contributed by atoms with E-state index >= 15 is 0 Å². The fourth-order valence-electron chi connectivity index (χ4n) is 3.18. The highest BCUT2D eigenvalue weighted by atomic mass is 19.1. The highest BCUT2D eigenvalue weighted by Crippen LogP contribution is 2.26. The summed E-state index contributed by atoms with van der Waals surface area (Å²) in [5.41, 5.74) is 1.22. The van der Waals surface area contributed by atoms with E-state index < -0.39 is 0 Å². The minimum absolute atomic E-state index is 0.00439. The Bertz CT molecular complexity index is 889. The lowest BCUT2D eigenvalue weighted by Crippen LogP contribution is -2.49. The zero-order valence-corrected chi connectivity index (χ0v) is 14.3. The molecule has 0 radical (unpaired) electrons. The number of halogens is 1. The van der Waals surface area contributed by atoms with Crippen molar-refractivity contribution in [2.45, 2.75) is 6.04 Å². The van der Waals surface area contributed by atoms with Crippen molar-refractivity contribution in [1.29, 1.82) is 0 Å². The van der Waals surface area contributed by atoms with Crippen LogP contribution in [0.5, 0.6) is 0 Å². The molecule has 4 rings (SSSR count). The highest BCUT2D eigenvalue weighted by molar-refractivity contribution is 5.93. The van der Waals surface area contributed by atoms with Gasteiger partial charge in [0.2, 0.25) is 5.76 Å². The van der Waals surface area contributed by atoms with Crippen LogP contribution in [-0.4, -0.2) is 47.5 Å². The summed E-state index contributed by atoms with van der Waals surface area (Å²) in [5, 5.41) is 3.89. The molecule has 1 atom stereocenters. The fourth-order valence-corrected chi connectivity index (χ4v) is 3.18. The maximum absolute atomic E-state index is 13.2. The Hall–Kier alpha value is -2.93. The van der Waals surface area contributed by atoms with Crippen LogP contribution in [-0.2, 0) is 0 Å². The molecule has 26 heavy (non-hydrogen) atoms. The fraction of sp³-hybridized carbons (Fsp3) is 0.263. The van der Waals surface area contributed by atoms with Crippen LogP contribution in [0.1, 0.15) is 22.1 Å². The van der Waals surface area contributed by atoms with Gasteiger partial charge in [0, 0.05) is 25.7 Å². The van der Waals surface area contributed by atoms with E-state index in [1.165, 1.54) is 18.4 Å². The number of carbonyl (C=O) groups is 1. The Balaban J connectivity index is 1.52. The largest absolute Gasteiger partial charge is 0.461 e. The predicted octanol–water partition coefficient (Wildman–Crippen LogP) is 3.20. The van der Waals surface area contributed by atoms with Crippen molar-refractivity contribution in [3.8, 4) is 11.5 Å². The van der Waals surface area contributed by atoms with Crippen LogP contribution in [0, 0.1) is 5.82 Å². The van der Waals surface area contributed by atoms with Gasteiger partial charge >= 0.3 is 0 Å². The Labute approximate surface area is 149 Å². The normalized spacial score (nSPS) is 18.2. The third-order valence-corrected chi connectivity index (χ3v) is 4.68. The number of hydrogen-bond donors (Lipinski definition) is 0. The van der Waals surface area contributed by atoms with Crippen molar-refractivity contribution < 1.29 is 18.1 Å². The molecular formula is C19H18FN3O3. The van der Waals surface area contributed by atoms with Crippen LogP contribution < -0.4 is 0 Å². The molecule has 134 valence electrons. The number of hydrogen-bond acceptors (Lipinski definition) is 5. The van der Waals surface area contributed by atoms with Gasteiger partial charge in [-0.1, -0.05) is 17.3 Å². The van der Waals surface area contributed by atoms with E-state index in [2.05, 4.69) is 10.1 Å². The number of carbonyl (C=O) groups excluding carboxylic acids is 1. The first kappa shape index (κ1) is 16.5. The molecule has 1 aliphatic rings. The molecule has 0 saturated carbocycles. The molecule has 1 saturated heterocycles. The number of benzene rings is 1. The first-order valence-corrected chi connectivity index (χ1v) is 8.37. The summed E-state index contributed by atoms with van der Waals surface area (Å²) in [4.78, 5) is 16.7. The first-order chi connectivity index (χ1) is 12.6. The zero-order valence-electron chi connectivity index (χ0n) is 14.3. The van der Waals surface area contributed by atoms with Gasteiger partial charge in [0.25, 0.3) is 5.91 Å². The number of likely N-dealkylation sites (N-methyl/N-ethyl adjacent to an activating group) is 1. The predicted molar refractivity (Wildman–Crippen MR) is 91.9 cm³/mol. The molecule has 1 aromatic carbocycles. The van der Waals surface area contributed by atoms with Crippen molar-refractivity contribution >= 4 is 5.91 Å². The summed E-state index contributed by atoms with van der Waals surface area (Å²) in [7, 11) is 2.00. The first-order valence-electron chi connectivity index (χ1n) is 8.37. The van der Waals surface area contributed by atoms with Gasteiger partial charge in [-0.2, -0.15) is 0 Å². The second-order valence-corrected chi connectivity index (χ2v) is 6.35. The monoisotopic (exact) mass is 355 g/mol. The Morgan fingerprint density at radius 1 is 1.19 bits per heavy atom. The van der Waals surface area contributed by atoms with Crippen molar-refractivity contribution in [2.75, 3.05) is 26.7 Å². The minimum atomic E-state index is -0.270. The van der Waals surface area contributed by atoms with E-state index in [0.717, 1.165) is 12.1 Å². The number of furan rings is 1. The van der Waals surface area contributed by atoms with E-state index in [4.69, 9.17) is 8.94 Å².